The summed E-state index contributed by atoms with van der Waals surface area (Å²) in [5, 5.41) is 2.15. The average molecular weight is 167 g/mol. The van der Waals surface area contributed by atoms with E-state index in [1.807, 2.05) is 11.3 Å². The highest BCUT2D eigenvalue weighted by Gasteiger charge is 2.04. The van der Waals surface area contributed by atoms with Gasteiger partial charge in [-0.2, -0.15) is 0 Å². The van der Waals surface area contributed by atoms with E-state index in [-0.39, 0.29) is 0 Å². The van der Waals surface area contributed by atoms with Crippen LogP contribution in [-0.4, -0.2) is 0 Å². The van der Waals surface area contributed by atoms with E-state index in [2.05, 4.69) is 31.4 Å². The van der Waals surface area contributed by atoms with Crippen LogP contribution < -0.4 is 0 Å². The predicted octanol–water partition coefficient (Wildman–Crippen LogP) is 3.86. The molecule has 1 heterocycles. The van der Waals surface area contributed by atoms with Crippen LogP contribution in [0.15, 0.2) is 17.5 Å². The Morgan fingerprint density at radius 1 is 1.64 bits per heavy atom. The first-order valence-corrected chi connectivity index (χ1v) is 5.05. The van der Waals surface area contributed by atoms with Gasteiger partial charge >= 0.3 is 0 Å². The van der Waals surface area contributed by atoms with E-state index >= 15 is 0 Å². The number of hydrogen-bond donors (Lipinski definition) is 0. The minimum atomic E-state index is 0.733. The first-order valence-electron chi connectivity index (χ1n) is 4.17. The van der Waals surface area contributed by atoms with E-state index in [1.165, 1.54) is 17.7 Å². The number of rotatable bonds is 4. The van der Waals surface area contributed by atoms with Gasteiger partial charge in [0.15, 0.2) is 0 Å². The fourth-order valence-corrected chi connectivity index (χ4v) is 1.99. The summed E-state index contributed by atoms with van der Waals surface area (Å²) in [4.78, 5) is 1.51. The molecule has 1 heteroatoms. The molecule has 1 aromatic heterocycles. The molecule has 0 nitrogen and oxygen atoms in total. The maximum atomic E-state index is 3.84. The third-order valence-corrected chi connectivity index (χ3v) is 3.02. The van der Waals surface area contributed by atoms with Crippen molar-refractivity contribution in [2.24, 2.45) is 0 Å². The number of thiophene rings is 1. The quantitative estimate of drug-likeness (QED) is 0.639. The SMILES string of the molecule is [CH2]CCCC(C)c1cccs1. The molecule has 0 N–H and O–H groups in total. The predicted molar refractivity (Wildman–Crippen MR) is 51.9 cm³/mol. The van der Waals surface area contributed by atoms with Crippen LogP contribution in [0.25, 0.3) is 0 Å². The third kappa shape index (κ3) is 2.66. The maximum Gasteiger partial charge on any atom is 0.00734 e. The van der Waals surface area contributed by atoms with Crippen molar-refractivity contribution in [2.45, 2.75) is 32.1 Å². The standard InChI is InChI=1S/C10H15S/c1-3-4-6-9(2)10-7-5-8-11-10/h5,7-9H,1,3-4,6H2,2H3. The van der Waals surface area contributed by atoms with Gasteiger partial charge in [0, 0.05) is 4.88 Å². The van der Waals surface area contributed by atoms with Crippen molar-refractivity contribution in [3.05, 3.63) is 29.3 Å². The third-order valence-electron chi connectivity index (χ3n) is 1.92. The maximum absolute atomic E-state index is 3.84. The summed E-state index contributed by atoms with van der Waals surface area (Å²) in [6, 6.07) is 4.35. The molecule has 0 aliphatic rings. The molecular weight excluding hydrogens is 152 g/mol. The Kier molecular flexibility index (Phi) is 3.64. The van der Waals surface area contributed by atoms with E-state index in [0.717, 1.165) is 12.3 Å². The molecule has 0 fully saturated rings. The van der Waals surface area contributed by atoms with E-state index in [0.29, 0.717) is 0 Å². The molecule has 61 valence electrons. The lowest BCUT2D eigenvalue weighted by Crippen LogP contribution is -1.88. The zero-order valence-corrected chi connectivity index (χ0v) is 7.86. The summed E-state index contributed by atoms with van der Waals surface area (Å²) in [6.45, 7) is 6.14. The molecule has 1 unspecified atom stereocenters. The van der Waals surface area contributed by atoms with Gasteiger partial charge in [0.25, 0.3) is 0 Å². The Labute approximate surface area is 73.3 Å². The molecule has 1 aromatic rings. The second-order valence-electron chi connectivity index (χ2n) is 2.91. The van der Waals surface area contributed by atoms with Gasteiger partial charge < -0.3 is 0 Å². The number of unbranched alkanes of at least 4 members (excludes halogenated alkanes) is 1. The van der Waals surface area contributed by atoms with Crippen molar-refractivity contribution in [1.82, 2.24) is 0 Å². The summed E-state index contributed by atoms with van der Waals surface area (Å²) in [5.74, 6) is 0.733. The summed E-state index contributed by atoms with van der Waals surface area (Å²) in [6.07, 6.45) is 3.60. The normalized spacial score (nSPS) is 13.3. The van der Waals surface area contributed by atoms with Gasteiger partial charge in [0.05, 0.1) is 0 Å². The van der Waals surface area contributed by atoms with Crippen LogP contribution in [0.2, 0.25) is 0 Å². The minimum Gasteiger partial charge on any atom is -0.149 e. The van der Waals surface area contributed by atoms with Crippen molar-refractivity contribution < 1.29 is 0 Å². The monoisotopic (exact) mass is 167 g/mol. The van der Waals surface area contributed by atoms with Gasteiger partial charge in [-0.25, -0.2) is 0 Å². The van der Waals surface area contributed by atoms with E-state index in [4.69, 9.17) is 0 Å². The van der Waals surface area contributed by atoms with Crippen LogP contribution in [0, 0.1) is 6.92 Å². The average Bonchev–Trinajstić information content (AvgIpc) is 2.52. The molecule has 0 aromatic carbocycles. The van der Waals surface area contributed by atoms with E-state index < -0.39 is 0 Å². The summed E-state index contributed by atoms with van der Waals surface area (Å²) < 4.78 is 0. The van der Waals surface area contributed by atoms with Crippen molar-refractivity contribution in [2.75, 3.05) is 0 Å². The van der Waals surface area contributed by atoms with Crippen LogP contribution >= 0.6 is 11.3 Å². The van der Waals surface area contributed by atoms with Gasteiger partial charge in [-0.05, 0) is 23.8 Å². The summed E-state index contributed by atoms with van der Waals surface area (Å²) >= 11 is 1.86. The van der Waals surface area contributed by atoms with Crippen LogP contribution in [0.4, 0.5) is 0 Å². The molecule has 0 spiro atoms. The molecule has 1 rings (SSSR count). The molecule has 11 heavy (non-hydrogen) atoms. The van der Waals surface area contributed by atoms with Gasteiger partial charge in [0.1, 0.15) is 0 Å². The Balaban J connectivity index is 2.36. The highest BCUT2D eigenvalue weighted by atomic mass is 32.1. The Morgan fingerprint density at radius 3 is 3.00 bits per heavy atom. The van der Waals surface area contributed by atoms with Crippen LogP contribution in [-0.2, 0) is 0 Å². The second kappa shape index (κ2) is 4.55. The van der Waals surface area contributed by atoms with Gasteiger partial charge in [-0.15, -0.1) is 11.3 Å². The molecule has 0 aliphatic carbocycles. The zero-order chi connectivity index (χ0) is 8.10. The van der Waals surface area contributed by atoms with Crippen molar-refractivity contribution >= 4 is 11.3 Å². The lowest BCUT2D eigenvalue weighted by atomic mass is 10.0. The van der Waals surface area contributed by atoms with Crippen molar-refractivity contribution in [3.63, 3.8) is 0 Å². The van der Waals surface area contributed by atoms with Crippen LogP contribution in [0.5, 0.6) is 0 Å². The largest absolute Gasteiger partial charge is 0.149 e. The summed E-state index contributed by atoms with van der Waals surface area (Å²) in [7, 11) is 0. The van der Waals surface area contributed by atoms with Crippen LogP contribution in [0.1, 0.15) is 37.0 Å². The van der Waals surface area contributed by atoms with E-state index in [1.54, 1.807) is 0 Å². The minimum absolute atomic E-state index is 0.733. The molecule has 0 aliphatic heterocycles. The Morgan fingerprint density at radius 2 is 2.45 bits per heavy atom. The highest BCUT2D eigenvalue weighted by molar-refractivity contribution is 7.10. The van der Waals surface area contributed by atoms with Gasteiger partial charge in [-0.3, -0.25) is 0 Å². The van der Waals surface area contributed by atoms with Crippen molar-refractivity contribution in [3.8, 4) is 0 Å². The topological polar surface area (TPSA) is 0 Å². The molecule has 1 atom stereocenters. The fourth-order valence-electron chi connectivity index (χ4n) is 1.16. The first-order chi connectivity index (χ1) is 5.34. The molecule has 0 saturated heterocycles. The second-order valence-corrected chi connectivity index (χ2v) is 3.89. The molecular formula is C10H15S. The Hall–Kier alpha value is -0.300. The smallest absolute Gasteiger partial charge is 0.00734 e. The molecule has 1 radical (unpaired) electrons. The van der Waals surface area contributed by atoms with E-state index in [9.17, 15) is 0 Å². The lowest BCUT2D eigenvalue weighted by Gasteiger charge is -2.06. The van der Waals surface area contributed by atoms with Crippen LogP contribution in [0.3, 0.4) is 0 Å². The first kappa shape index (κ1) is 8.79. The molecule has 0 saturated carbocycles. The highest BCUT2D eigenvalue weighted by Crippen LogP contribution is 2.24. The van der Waals surface area contributed by atoms with Crippen molar-refractivity contribution in [1.29, 1.82) is 0 Å². The summed E-state index contributed by atoms with van der Waals surface area (Å²) in [5.41, 5.74) is 0. The van der Waals surface area contributed by atoms with Gasteiger partial charge in [0.2, 0.25) is 0 Å². The zero-order valence-electron chi connectivity index (χ0n) is 7.05. The lowest BCUT2D eigenvalue weighted by molar-refractivity contribution is 0.648. The number of hydrogen-bond acceptors (Lipinski definition) is 1. The fraction of sp³-hybridized carbons (Fsp3) is 0.500. The molecule has 0 bridgehead atoms. The Bertz CT molecular complexity index is 177. The van der Waals surface area contributed by atoms with Gasteiger partial charge in [-0.1, -0.05) is 32.8 Å². The molecule has 0 amide bonds.